The van der Waals surface area contributed by atoms with Gasteiger partial charge in [0.2, 0.25) is 11.5 Å². The molecule has 0 saturated carbocycles. The minimum atomic E-state index is -3.32. The van der Waals surface area contributed by atoms with Crippen molar-refractivity contribution in [1.82, 2.24) is 29.2 Å². The van der Waals surface area contributed by atoms with Crippen LogP contribution < -0.4 is 11.1 Å². The van der Waals surface area contributed by atoms with Gasteiger partial charge in [0.15, 0.2) is 5.13 Å². The molecule has 2 aromatic heterocycles. The van der Waals surface area contributed by atoms with E-state index in [1.54, 1.807) is 17.7 Å². The Balaban J connectivity index is 1.50. The van der Waals surface area contributed by atoms with Gasteiger partial charge in [-0.3, -0.25) is 14.5 Å². The van der Waals surface area contributed by atoms with Gasteiger partial charge < -0.3 is 21.0 Å². The van der Waals surface area contributed by atoms with Gasteiger partial charge in [-0.1, -0.05) is 21.4 Å². The molecule has 2 aromatic rings. The van der Waals surface area contributed by atoms with E-state index in [1.165, 1.54) is 35.1 Å². The molecule has 19 heteroatoms. The van der Waals surface area contributed by atoms with Gasteiger partial charge in [0.1, 0.15) is 21.3 Å². The second-order valence-electron chi connectivity index (χ2n) is 6.46. The number of aromatic nitrogens is 4. The third-order valence-corrected chi connectivity index (χ3v) is 7.80. The third-order valence-electron chi connectivity index (χ3n) is 4.37. The van der Waals surface area contributed by atoms with E-state index in [1.807, 2.05) is 0 Å². The molecular weight excluding hydrogens is 550 g/mol. The summed E-state index contributed by atoms with van der Waals surface area (Å²) < 4.78 is 33.2. The van der Waals surface area contributed by atoms with E-state index >= 15 is 0 Å². The van der Waals surface area contributed by atoms with E-state index in [0.717, 1.165) is 9.11 Å². The van der Waals surface area contributed by atoms with Gasteiger partial charge in [-0.25, -0.2) is 4.79 Å². The van der Waals surface area contributed by atoms with Crippen molar-refractivity contribution in [3.8, 4) is 0 Å². The van der Waals surface area contributed by atoms with E-state index in [2.05, 4.69) is 34.3 Å². The van der Waals surface area contributed by atoms with E-state index < -0.39 is 41.5 Å². The van der Waals surface area contributed by atoms with Crippen molar-refractivity contribution in [2.24, 2.45) is 5.16 Å². The van der Waals surface area contributed by atoms with Crippen LogP contribution in [0.15, 0.2) is 38.3 Å². The number of oxime groups is 1. The molecule has 1 fully saturated rings. The van der Waals surface area contributed by atoms with Crippen LogP contribution in [0.25, 0.3) is 0 Å². The van der Waals surface area contributed by atoms with Gasteiger partial charge in [0, 0.05) is 17.3 Å². The molecule has 13 nitrogen and oxygen atoms in total. The molecular formula is C16H12F2N8O5S4. The average molecular weight is 563 g/mol. The summed E-state index contributed by atoms with van der Waals surface area (Å²) in [6, 6.07) is -1.14. The Labute approximate surface area is 210 Å². The zero-order chi connectivity index (χ0) is 25.1. The summed E-state index contributed by atoms with van der Waals surface area (Å²) in [7, 11) is 0. The van der Waals surface area contributed by atoms with Gasteiger partial charge >= 0.3 is 12.6 Å². The maximum absolute atomic E-state index is 12.8. The Morgan fingerprint density at radius 1 is 1.43 bits per heavy atom. The zero-order valence-electron chi connectivity index (χ0n) is 16.9. The number of nitrogens with zero attached hydrogens (tertiary/aromatic N) is 6. The first-order valence-corrected chi connectivity index (χ1v) is 12.7. The van der Waals surface area contributed by atoms with Gasteiger partial charge in [-0.2, -0.15) is 18.1 Å². The lowest BCUT2D eigenvalue weighted by Gasteiger charge is -2.49. The molecule has 0 bridgehead atoms. The average Bonchev–Trinajstić information content (AvgIpc) is 3.48. The normalized spacial score (nSPS) is 20.3. The van der Waals surface area contributed by atoms with Gasteiger partial charge in [-0.15, -0.1) is 16.9 Å². The van der Waals surface area contributed by atoms with Crippen LogP contribution in [0.5, 0.6) is 0 Å². The lowest BCUT2D eigenvalue weighted by molar-refractivity contribution is -0.150. The summed E-state index contributed by atoms with van der Waals surface area (Å²) >= 11 is 4.39. The number of aliphatic carboxylic acids is 1. The van der Waals surface area contributed by atoms with Crippen molar-refractivity contribution in [2.75, 3.05) is 11.5 Å². The highest BCUT2D eigenvalue weighted by atomic mass is 32.2. The summed E-state index contributed by atoms with van der Waals surface area (Å²) in [6.45, 7) is -3.32. The molecule has 2 aliphatic rings. The summed E-state index contributed by atoms with van der Waals surface area (Å²) in [5, 5.41) is 19.7. The molecule has 2 amide bonds. The van der Waals surface area contributed by atoms with Crippen molar-refractivity contribution in [3.05, 3.63) is 34.8 Å². The number of nitrogens with one attached hydrogen (secondary N) is 1. The molecule has 2 atom stereocenters. The number of nitrogens with two attached hydrogens (primary N) is 1. The van der Waals surface area contributed by atoms with Gasteiger partial charge in [-0.05, 0) is 28.6 Å². The number of β-lactam (4-membered cyclic amide) rings is 1. The summed E-state index contributed by atoms with van der Waals surface area (Å²) in [5.74, 6) is -3.20. The molecule has 0 spiro atoms. The molecule has 0 aliphatic carbocycles. The highest BCUT2D eigenvalue weighted by Gasteiger charge is 2.54. The third kappa shape index (κ3) is 5.41. The number of hydrogen-bond acceptors (Lipinski definition) is 14. The Morgan fingerprint density at radius 3 is 2.86 bits per heavy atom. The molecule has 184 valence electrons. The summed E-state index contributed by atoms with van der Waals surface area (Å²) in [5.41, 5.74) is 4.94. The Hall–Kier alpha value is -3.16. The highest BCUT2D eigenvalue weighted by molar-refractivity contribution is 8.03. The topological polar surface area (TPSA) is 186 Å². The van der Waals surface area contributed by atoms with Crippen LogP contribution in [0.4, 0.5) is 13.9 Å². The van der Waals surface area contributed by atoms with Crippen LogP contribution in [-0.2, 0) is 19.2 Å². The number of carbonyl (C=O) groups is 3. The predicted molar refractivity (Wildman–Crippen MR) is 123 cm³/mol. The number of anilines is 1. The molecule has 2 aliphatic heterocycles. The number of rotatable bonds is 9. The molecule has 35 heavy (non-hydrogen) atoms. The van der Waals surface area contributed by atoms with Crippen molar-refractivity contribution >= 4 is 75.2 Å². The Morgan fingerprint density at radius 2 is 2.23 bits per heavy atom. The molecule has 1 saturated heterocycles. The highest BCUT2D eigenvalue weighted by Crippen LogP contribution is 2.41. The SMILES string of the molecule is Nc1nc(C(=NOC(F)F)C(=O)N[C@@H]2C(=O)N3C(C(=O)O)=C(/C=C/Sc4cnns4)CS[C@H]23)ns1. The van der Waals surface area contributed by atoms with Crippen LogP contribution in [-0.4, -0.2) is 76.2 Å². The molecule has 4 N–H and O–H groups in total. The van der Waals surface area contributed by atoms with E-state index in [0.29, 0.717) is 17.1 Å². The standard InChI is InChI=1S/C16H12F2N8O5S4/c17-15(18)31-23-7(10-22-16(19)35-24-10)11(27)21-8-12(28)26-9(14(29)30)5(4-33-13(8)26)1-2-32-6-3-20-25-34-6/h1-3,8,13,15H,4H2,(H,21,27)(H,29,30)(H2,19,22,24)/b2-1+,23-7?/t8-,13-/m1/s1. The van der Waals surface area contributed by atoms with E-state index in [9.17, 15) is 28.3 Å². The second kappa shape index (κ2) is 10.6. The van der Waals surface area contributed by atoms with Crippen LogP contribution in [0.3, 0.4) is 0 Å². The smallest absolute Gasteiger partial charge is 0.407 e. The Bertz CT molecular complexity index is 1230. The zero-order valence-corrected chi connectivity index (χ0v) is 20.2. The first-order chi connectivity index (χ1) is 16.8. The van der Waals surface area contributed by atoms with Gasteiger partial charge in [0.05, 0.1) is 6.20 Å². The molecule has 0 radical (unpaired) electrons. The van der Waals surface area contributed by atoms with Crippen molar-refractivity contribution < 1.29 is 33.1 Å². The van der Waals surface area contributed by atoms with Crippen LogP contribution in [0.1, 0.15) is 5.82 Å². The lowest BCUT2D eigenvalue weighted by Crippen LogP contribution is -2.71. The van der Waals surface area contributed by atoms with Gasteiger partial charge in [0.25, 0.3) is 11.8 Å². The number of fused-ring (bicyclic) bond motifs is 1. The van der Waals surface area contributed by atoms with E-state index in [4.69, 9.17) is 5.73 Å². The molecule has 0 unspecified atom stereocenters. The quantitative estimate of drug-likeness (QED) is 0.170. The summed E-state index contributed by atoms with van der Waals surface area (Å²) in [6.07, 6.45) is 3.14. The number of alkyl halides is 2. The van der Waals surface area contributed by atoms with Crippen molar-refractivity contribution in [1.29, 1.82) is 0 Å². The number of nitrogen functional groups attached to an aromatic ring is 1. The van der Waals surface area contributed by atoms with Crippen LogP contribution in [0.2, 0.25) is 0 Å². The fourth-order valence-corrected chi connectivity index (χ4v) is 5.92. The minimum absolute atomic E-state index is 0.0483. The van der Waals surface area contributed by atoms with Crippen LogP contribution in [0, 0.1) is 0 Å². The number of hydrogen-bond donors (Lipinski definition) is 3. The predicted octanol–water partition coefficient (Wildman–Crippen LogP) is 0.960. The number of carboxylic acid groups (broad SMARTS) is 1. The first kappa shape index (κ1) is 24.9. The maximum Gasteiger partial charge on any atom is 0.407 e. The van der Waals surface area contributed by atoms with Crippen LogP contribution >= 0.6 is 46.6 Å². The first-order valence-electron chi connectivity index (χ1n) is 9.20. The number of allylic oxidation sites excluding steroid dienone is 1. The number of thioether (sulfide) groups is 2. The fourth-order valence-electron chi connectivity index (χ4n) is 2.98. The Kier molecular flexibility index (Phi) is 7.57. The van der Waals surface area contributed by atoms with Crippen molar-refractivity contribution in [2.45, 2.75) is 22.2 Å². The molecule has 0 aromatic carbocycles. The number of carbonyl (C=O) groups excluding carboxylic acids is 2. The van der Waals surface area contributed by atoms with Crippen molar-refractivity contribution in [3.63, 3.8) is 0 Å². The summed E-state index contributed by atoms with van der Waals surface area (Å²) in [4.78, 5) is 46.1. The lowest BCUT2D eigenvalue weighted by atomic mass is 10.0. The molecule has 4 heterocycles. The number of carboxylic acids is 1. The van der Waals surface area contributed by atoms with E-state index in [-0.39, 0.29) is 22.4 Å². The largest absolute Gasteiger partial charge is 0.477 e. The second-order valence-corrected chi connectivity index (χ2v) is 10.3. The number of amides is 2. The maximum atomic E-state index is 12.8. The minimum Gasteiger partial charge on any atom is -0.477 e. The molecule has 4 rings (SSSR count). The number of halogens is 2. The fraction of sp³-hybridized carbons (Fsp3) is 0.250. The monoisotopic (exact) mass is 562 g/mol.